The van der Waals surface area contributed by atoms with Gasteiger partial charge in [0.15, 0.2) is 0 Å². The highest BCUT2D eigenvalue weighted by atomic mass is 35.5. The van der Waals surface area contributed by atoms with Crippen LogP contribution in [0.1, 0.15) is 12.0 Å². The standard InChI is InChI=1S/C21H18ClF3N3O2/c22-9-4-13-30-26-10-5-11-27-15-18(20(29)28-12-2-1-8-19(27)28)16-6-3-7-17(14-16)21(23,24)25/h1-4,6-10,12,14-15H,5,11,13H2/q+1/b9-4-,26-10?. The Kier molecular flexibility index (Phi) is 6.89. The number of oxime groups is 1. The SMILES string of the molecule is O=c1c(-c2cccc(C(F)(F)F)c2)c[n+](CCC=NOC/C=C\Cl)c2ccccn12. The van der Waals surface area contributed by atoms with Crippen molar-refractivity contribution in [2.75, 3.05) is 6.61 Å². The Balaban J connectivity index is 1.97. The van der Waals surface area contributed by atoms with Crippen LogP contribution in [0.2, 0.25) is 0 Å². The third-order valence-corrected chi connectivity index (χ3v) is 4.45. The quantitative estimate of drug-likeness (QED) is 0.238. The van der Waals surface area contributed by atoms with Gasteiger partial charge in [0, 0.05) is 24.2 Å². The topological polar surface area (TPSA) is 47.0 Å². The van der Waals surface area contributed by atoms with Crippen molar-refractivity contribution >= 4 is 23.5 Å². The summed E-state index contributed by atoms with van der Waals surface area (Å²) in [5.41, 5.74) is 1.11. The zero-order valence-corrected chi connectivity index (χ0v) is 16.5. The molecule has 0 bridgehead atoms. The molecule has 156 valence electrons. The molecular formula is C21H18ClF3N3O2+. The molecule has 0 radical (unpaired) electrons. The third-order valence-electron chi connectivity index (χ3n) is 4.28. The number of fused-ring (bicyclic) bond motifs is 1. The smallest absolute Gasteiger partial charge is 0.392 e. The molecule has 3 rings (SSSR count). The summed E-state index contributed by atoms with van der Waals surface area (Å²) in [5.74, 6) is 0. The van der Waals surface area contributed by atoms with E-state index in [1.54, 1.807) is 47.5 Å². The summed E-state index contributed by atoms with van der Waals surface area (Å²) in [7, 11) is 0. The maximum Gasteiger partial charge on any atom is 0.416 e. The number of aryl methyl sites for hydroxylation is 1. The maximum atomic E-state index is 13.1. The minimum Gasteiger partial charge on any atom is -0.392 e. The fourth-order valence-corrected chi connectivity index (χ4v) is 2.98. The zero-order valence-electron chi connectivity index (χ0n) is 15.7. The molecule has 0 fully saturated rings. The van der Waals surface area contributed by atoms with Gasteiger partial charge in [0.25, 0.3) is 5.65 Å². The fourth-order valence-electron chi connectivity index (χ4n) is 2.91. The van der Waals surface area contributed by atoms with Crippen LogP contribution < -0.4 is 10.1 Å². The number of rotatable bonds is 7. The molecule has 9 heteroatoms. The maximum absolute atomic E-state index is 13.1. The molecule has 2 heterocycles. The lowest BCUT2D eigenvalue weighted by atomic mass is 10.1. The van der Waals surface area contributed by atoms with Crippen molar-refractivity contribution in [2.24, 2.45) is 5.16 Å². The lowest BCUT2D eigenvalue weighted by Crippen LogP contribution is -2.40. The summed E-state index contributed by atoms with van der Waals surface area (Å²) in [6, 6.07) is 9.98. The summed E-state index contributed by atoms with van der Waals surface area (Å²) in [5, 5.41) is 3.80. The van der Waals surface area contributed by atoms with Crippen LogP contribution in [0, 0.1) is 0 Å². The first-order valence-corrected chi connectivity index (χ1v) is 9.46. The van der Waals surface area contributed by atoms with E-state index in [1.165, 1.54) is 22.1 Å². The van der Waals surface area contributed by atoms with Gasteiger partial charge in [-0.2, -0.15) is 17.6 Å². The molecule has 0 amide bonds. The number of aromatic nitrogens is 2. The normalized spacial score (nSPS) is 12.3. The second-order valence-corrected chi connectivity index (χ2v) is 6.53. The van der Waals surface area contributed by atoms with Gasteiger partial charge in [-0.25, -0.2) is 9.36 Å². The molecule has 5 nitrogen and oxygen atoms in total. The number of hydrogen-bond acceptors (Lipinski definition) is 3. The van der Waals surface area contributed by atoms with Gasteiger partial charge in [-0.3, -0.25) is 0 Å². The summed E-state index contributed by atoms with van der Waals surface area (Å²) in [4.78, 5) is 17.9. The monoisotopic (exact) mass is 436 g/mol. The molecule has 0 aliphatic heterocycles. The van der Waals surface area contributed by atoms with Gasteiger partial charge in [-0.05, 0) is 29.8 Å². The Morgan fingerprint density at radius 1 is 1.20 bits per heavy atom. The van der Waals surface area contributed by atoms with Crippen LogP contribution in [0.5, 0.6) is 0 Å². The van der Waals surface area contributed by atoms with Gasteiger partial charge in [0.05, 0.1) is 18.3 Å². The molecular weight excluding hydrogens is 419 g/mol. The van der Waals surface area contributed by atoms with Crippen molar-refractivity contribution < 1.29 is 22.6 Å². The van der Waals surface area contributed by atoms with Crippen molar-refractivity contribution in [2.45, 2.75) is 19.1 Å². The summed E-state index contributed by atoms with van der Waals surface area (Å²) >= 11 is 5.38. The highest BCUT2D eigenvalue weighted by molar-refractivity contribution is 6.25. The first kappa shape index (κ1) is 21.6. The Morgan fingerprint density at radius 3 is 2.80 bits per heavy atom. The van der Waals surface area contributed by atoms with E-state index in [-0.39, 0.29) is 17.7 Å². The molecule has 0 N–H and O–H groups in total. The van der Waals surface area contributed by atoms with E-state index in [2.05, 4.69) is 5.16 Å². The second kappa shape index (κ2) is 9.58. The Bertz CT molecular complexity index is 1140. The predicted molar refractivity (Wildman–Crippen MR) is 108 cm³/mol. The van der Waals surface area contributed by atoms with Crippen LogP contribution in [-0.2, 0) is 17.6 Å². The number of pyridine rings is 1. The largest absolute Gasteiger partial charge is 0.416 e. The molecule has 0 saturated heterocycles. The second-order valence-electron chi connectivity index (χ2n) is 6.28. The van der Waals surface area contributed by atoms with Crippen molar-refractivity contribution in [1.82, 2.24) is 4.40 Å². The van der Waals surface area contributed by atoms with Crippen LogP contribution in [0.15, 0.2) is 76.4 Å². The number of benzene rings is 1. The minimum absolute atomic E-state index is 0.172. The van der Waals surface area contributed by atoms with Crippen LogP contribution >= 0.6 is 11.6 Å². The molecule has 0 aliphatic carbocycles. The summed E-state index contributed by atoms with van der Waals surface area (Å²) < 4.78 is 42.5. The number of alkyl halides is 3. The van der Waals surface area contributed by atoms with Crippen molar-refractivity contribution in [3.05, 3.63) is 82.4 Å². The summed E-state index contributed by atoms with van der Waals surface area (Å²) in [6.07, 6.45) is 2.31. The van der Waals surface area contributed by atoms with E-state index in [4.69, 9.17) is 16.4 Å². The van der Waals surface area contributed by atoms with Crippen LogP contribution in [0.3, 0.4) is 0 Å². The number of halogens is 4. The Hall–Kier alpha value is -3.13. The van der Waals surface area contributed by atoms with E-state index in [1.807, 2.05) is 0 Å². The Morgan fingerprint density at radius 2 is 2.03 bits per heavy atom. The third kappa shape index (κ3) is 5.07. The van der Waals surface area contributed by atoms with Crippen LogP contribution in [0.4, 0.5) is 13.2 Å². The van der Waals surface area contributed by atoms with Crippen LogP contribution in [-0.4, -0.2) is 17.2 Å². The lowest BCUT2D eigenvalue weighted by Gasteiger charge is -2.09. The van der Waals surface area contributed by atoms with Crippen molar-refractivity contribution in [1.29, 1.82) is 0 Å². The molecule has 0 aliphatic rings. The zero-order chi connectivity index (χ0) is 21.6. The molecule has 0 spiro atoms. The van der Waals surface area contributed by atoms with Gasteiger partial charge in [0.1, 0.15) is 18.4 Å². The van der Waals surface area contributed by atoms with Gasteiger partial charge in [-0.15, -0.1) is 0 Å². The van der Waals surface area contributed by atoms with Crippen molar-refractivity contribution in [3.8, 4) is 11.1 Å². The average Bonchev–Trinajstić information content (AvgIpc) is 2.74. The lowest BCUT2D eigenvalue weighted by molar-refractivity contribution is -0.672. The summed E-state index contributed by atoms with van der Waals surface area (Å²) in [6.45, 7) is 0.689. The minimum atomic E-state index is -4.49. The molecule has 0 saturated carbocycles. The molecule has 0 unspecified atom stereocenters. The average molecular weight is 437 g/mol. The predicted octanol–water partition coefficient (Wildman–Crippen LogP) is 4.42. The van der Waals surface area contributed by atoms with Gasteiger partial charge >= 0.3 is 11.7 Å². The van der Waals surface area contributed by atoms with Crippen LogP contribution in [0.25, 0.3) is 16.8 Å². The van der Waals surface area contributed by atoms with E-state index in [9.17, 15) is 18.0 Å². The first-order chi connectivity index (χ1) is 14.4. The highest BCUT2D eigenvalue weighted by Crippen LogP contribution is 2.31. The highest BCUT2D eigenvalue weighted by Gasteiger charge is 2.31. The number of nitrogens with zero attached hydrogens (tertiary/aromatic N) is 3. The van der Waals surface area contributed by atoms with E-state index in [0.29, 0.717) is 18.6 Å². The number of hydrogen-bond donors (Lipinski definition) is 0. The van der Waals surface area contributed by atoms with E-state index >= 15 is 0 Å². The molecule has 1 aromatic carbocycles. The molecule has 0 atom stereocenters. The van der Waals surface area contributed by atoms with Crippen molar-refractivity contribution in [3.63, 3.8) is 0 Å². The van der Waals surface area contributed by atoms with Gasteiger partial charge in [-0.1, -0.05) is 35.0 Å². The fraction of sp³-hybridized carbons (Fsp3) is 0.190. The molecule has 30 heavy (non-hydrogen) atoms. The Labute approximate surface area is 175 Å². The van der Waals surface area contributed by atoms with Gasteiger partial charge in [0.2, 0.25) is 0 Å². The van der Waals surface area contributed by atoms with Gasteiger partial charge < -0.3 is 4.84 Å². The van der Waals surface area contributed by atoms with E-state index < -0.39 is 17.3 Å². The van der Waals surface area contributed by atoms with E-state index in [0.717, 1.165) is 12.1 Å². The molecule has 2 aromatic heterocycles. The molecule has 3 aromatic rings. The first-order valence-electron chi connectivity index (χ1n) is 9.02.